The minimum Gasteiger partial charge on any atom is -0.399 e. The summed E-state index contributed by atoms with van der Waals surface area (Å²) in [6.07, 6.45) is 0. The third-order valence-corrected chi connectivity index (χ3v) is 7.81. The van der Waals surface area contributed by atoms with Gasteiger partial charge in [0.25, 0.3) is 0 Å². The first-order chi connectivity index (χ1) is 21.6. The van der Waals surface area contributed by atoms with Crippen LogP contribution < -0.4 is 5.73 Å². The molecule has 214 valence electrons. The molecular weight excluding hydrogens is 534 g/mol. The molecule has 7 aromatic rings. The molecule has 0 saturated carbocycles. The molecule has 0 radical (unpaired) electrons. The fourth-order valence-corrected chi connectivity index (χ4v) is 5.46. The van der Waals surface area contributed by atoms with Crippen molar-refractivity contribution in [2.75, 3.05) is 0 Å². The van der Waals surface area contributed by atoms with Crippen molar-refractivity contribution in [1.29, 1.82) is 0 Å². The Labute approximate surface area is 259 Å². The molecule has 44 heavy (non-hydrogen) atoms. The number of fused-ring (bicyclic) bond motifs is 3. The molecule has 6 aromatic carbocycles. The average Bonchev–Trinajstić information content (AvgIpc) is 3.43. The Bertz CT molecular complexity index is 2000. The molecule has 0 amide bonds. The summed E-state index contributed by atoms with van der Waals surface area (Å²) < 4.78 is 2.35. The lowest BCUT2D eigenvalue weighted by Crippen LogP contribution is -1.97. The van der Waals surface area contributed by atoms with Gasteiger partial charge in [-0.1, -0.05) is 134 Å². The molecule has 7 rings (SSSR count). The number of nitrogens with zero attached hydrogens (tertiary/aromatic N) is 2. The Morgan fingerprint density at radius 2 is 1.14 bits per heavy atom. The van der Waals surface area contributed by atoms with Crippen molar-refractivity contribution in [2.24, 2.45) is 10.7 Å². The van der Waals surface area contributed by atoms with E-state index >= 15 is 0 Å². The number of aliphatic imine (C=N–C) groups is 1. The highest BCUT2D eigenvalue weighted by Crippen LogP contribution is 2.32. The van der Waals surface area contributed by atoms with Crippen LogP contribution in [0.2, 0.25) is 0 Å². The fourth-order valence-electron chi connectivity index (χ4n) is 5.46. The Morgan fingerprint density at radius 1 is 0.591 bits per heavy atom. The maximum Gasteiger partial charge on any atom is 0.0643 e. The van der Waals surface area contributed by atoms with Gasteiger partial charge in [0.15, 0.2) is 0 Å². The molecule has 0 aliphatic heterocycles. The highest BCUT2D eigenvalue weighted by atomic mass is 15.0. The molecule has 1 heterocycles. The number of para-hydroxylation sites is 2. The quantitative estimate of drug-likeness (QED) is 0.199. The summed E-state index contributed by atoms with van der Waals surface area (Å²) >= 11 is 0. The van der Waals surface area contributed by atoms with E-state index in [1.807, 2.05) is 36.4 Å². The van der Waals surface area contributed by atoms with Gasteiger partial charge < -0.3 is 10.3 Å². The maximum atomic E-state index is 5.42. The summed E-state index contributed by atoms with van der Waals surface area (Å²) in [5.74, 6) is 0. The van der Waals surface area contributed by atoms with E-state index in [1.165, 1.54) is 44.2 Å². The second kappa shape index (κ2) is 13.1. The van der Waals surface area contributed by atoms with Gasteiger partial charge in [-0.15, -0.1) is 0 Å². The van der Waals surface area contributed by atoms with Crippen molar-refractivity contribution in [3.63, 3.8) is 0 Å². The predicted octanol–water partition coefficient (Wildman–Crippen LogP) is 10.1. The van der Waals surface area contributed by atoms with Crippen LogP contribution in [0, 0.1) is 0 Å². The second-order valence-electron chi connectivity index (χ2n) is 10.8. The summed E-state index contributed by atoms with van der Waals surface area (Å²) in [6, 6.07) is 54.9. The van der Waals surface area contributed by atoms with Crippen LogP contribution in [0.1, 0.15) is 23.6 Å². The van der Waals surface area contributed by atoms with Crippen molar-refractivity contribution in [2.45, 2.75) is 13.5 Å². The van der Waals surface area contributed by atoms with Crippen LogP contribution in [0.3, 0.4) is 0 Å². The van der Waals surface area contributed by atoms with Gasteiger partial charge in [-0.2, -0.15) is 0 Å². The largest absolute Gasteiger partial charge is 0.399 e. The van der Waals surface area contributed by atoms with Crippen LogP contribution in [-0.4, -0.2) is 10.3 Å². The fraction of sp³-hybridized carbons (Fsp3) is 0.0488. The van der Waals surface area contributed by atoms with E-state index < -0.39 is 0 Å². The summed E-state index contributed by atoms with van der Waals surface area (Å²) in [5, 5.41) is 2.57. The van der Waals surface area contributed by atoms with Gasteiger partial charge in [0.05, 0.1) is 17.6 Å². The molecule has 0 fully saturated rings. The lowest BCUT2D eigenvalue weighted by molar-refractivity contribution is 1.06. The van der Waals surface area contributed by atoms with Gasteiger partial charge in [0.1, 0.15) is 0 Å². The molecule has 3 heteroatoms. The summed E-state index contributed by atoms with van der Waals surface area (Å²) in [4.78, 5) is 4.82. The van der Waals surface area contributed by atoms with E-state index in [0.29, 0.717) is 12.2 Å². The summed E-state index contributed by atoms with van der Waals surface area (Å²) in [6.45, 7) is 6.39. The molecule has 3 nitrogen and oxygen atoms in total. The van der Waals surface area contributed by atoms with E-state index in [-0.39, 0.29) is 0 Å². The standard InChI is InChI=1S/C33H26N2.C8H9N/c1-24(34-23-25-10-3-2-4-11-25)27-12-9-13-28(22-27)26-18-20-29(21-19-26)35-32-16-7-5-14-30(32)31-15-6-8-17-33(31)35;1-7(9)8-5-3-2-4-6-8/h2-22H,23H2,1H3;2-6H,1,9H2. The van der Waals surface area contributed by atoms with Gasteiger partial charge in [0, 0.05) is 27.9 Å². The van der Waals surface area contributed by atoms with Crippen LogP contribution in [0.4, 0.5) is 0 Å². The number of rotatable bonds is 6. The zero-order valence-electron chi connectivity index (χ0n) is 24.9. The third-order valence-electron chi connectivity index (χ3n) is 7.81. The Hall–Kier alpha value is -5.67. The van der Waals surface area contributed by atoms with Gasteiger partial charge >= 0.3 is 0 Å². The van der Waals surface area contributed by atoms with Crippen LogP contribution in [0.25, 0.3) is 44.3 Å². The highest BCUT2D eigenvalue weighted by Gasteiger charge is 2.11. The monoisotopic (exact) mass is 569 g/mol. The molecular formula is C41H35N3. The molecule has 0 spiro atoms. The molecule has 0 saturated heterocycles. The molecule has 0 bridgehead atoms. The minimum atomic E-state index is 0.621. The lowest BCUT2D eigenvalue weighted by atomic mass is 10.0. The van der Waals surface area contributed by atoms with Crippen LogP contribution >= 0.6 is 0 Å². The van der Waals surface area contributed by atoms with Crippen LogP contribution in [0.15, 0.2) is 169 Å². The van der Waals surface area contributed by atoms with Gasteiger partial charge in [-0.05, 0) is 65.1 Å². The summed E-state index contributed by atoms with van der Waals surface area (Å²) in [5.41, 5.74) is 16.5. The zero-order valence-corrected chi connectivity index (χ0v) is 24.9. The number of nitrogens with two attached hydrogens (primary N) is 1. The van der Waals surface area contributed by atoms with Gasteiger partial charge in [-0.3, -0.25) is 4.99 Å². The van der Waals surface area contributed by atoms with E-state index in [9.17, 15) is 0 Å². The van der Waals surface area contributed by atoms with Gasteiger partial charge in [-0.25, -0.2) is 0 Å². The Balaban J connectivity index is 0.000000329. The molecule has 0 aliphatic rings. The molecule has 0 aliphatic carbocycles. The average molecular weight is 570 g/mol. The van der Waals surface area contributed by atoms with Crippen molar-refractivity contribution in [1.82, 2.24) is 4.57 Å². The SMILES string of the molecule is C=C(N)c1ccccc1.CC(=NCc1ccccc1)c1cccc(-c2ccc(-n3c4ccccc4c4ccccc43)cc2)c1. The normalized spacial score (nSPS) is 11.2. The first-order valence-electron chi connectivity index (χ1n) is 14.8. The topological polar surface area (TPSA) is 43.3 Å². The number of aromatic nitrogens is 1. The van der Waals surface area contributed by atoms with Crippen LogP contribution in [0.5, 0.6) is 0 Å². The number of benzene rings is 6. The zero-order chi connectivity index (χ0) is 30.3. The highest BCUT2D eigenvalue weighted by molar-refractivity contribution is 6.09. The van der Waals surface area contributed by atoms with Crippen molar-refractivity contribution >= 4 is 33.2 Å². The molecule has 2 N–H and O–H groups in total. The Kier molecular flexibility index (Phi) is 8.47. The van der Waals surface area contributed by atoms with E-state index in [1.54, 1.807) is 0 Å². The smallest absolute Gasteiger partial charge is 0.0643 e. The lowest BCUT2D eigenvalue weighted by Gasteiger charge is -2.10. The minimum absolute atomic E-state index is 0.621. The van der Waals surface area contributed by atoms with E-state index in [2.05, 4.69) is 139 Å². The first-order valence-corrected chi connectivity index (χ1v) is 14.8. The molecule has 0 unspecified atom stereocenters. The second-order valence-corrected chi connectivity index (χ2v) is 10.8. The summed E-state index contributed by atoms with van der Waals surface area (Å²) in [7, 11) is 0. The van der Waals surface area contributed by atoms with Crippen LogP contribution in [-0.2, 0) is 6.54 Å². The van der Waals surface area contributed by atoms with Crippen molar-refractivity contribution in [3.8, 4) is 16.8 Å². The number of hydrogen-bond donors (Lipinski definition) is 1. The van der Waals surface area contributed by atoms with E-state index in [4.69, 9.17) is 10.7 Å². The first kappa shape index (κ1) is 28.4. The predicted molar refractivity (Wildman–Crippen MR) is 188 cm³/mol. The number of hydrogen-bond acceptors (Lipinski definition) is 2. The molecule has 1 aromatic heterocycles. The van der Waals surface area contributed by atoms with Crippen molar-refractivity contribution in [3.05, 3.63) is 181 Å². The van der Waals surface area contributed by atoms with Gasteiger partial charge in [0.2, 0.25) is 0 Å². The van der Waals surface area contributed by atoms with Crippen molar-refractivity contribution < 1.29 is 0 Å². The van der Waals surface area contributed by atoms with E-state index in [0.717, 1.165) is 16.8 Å². The third kappa shape index (κ3) is 6.23. The Morgan fingerprint density at radius 3 is 1.73 bits per heavy atom. The molecule has 0 atom stereocenters. The maximum absolute atomic E-state index is 5.42.